The van der Waals surface area contributed by atoms with Crippen molar-refractivity contribution in [1.82, 2.24) is 10.2 Å². The van der Waals surface area contributed by atoms with Gasteiger partial charge in [0.15, 0.2) is 0 Å². The number of carboxylic acid groups (broad SMARTS) is 1. The first-order valence-corrected chi connectivity index (χ1v) is 11.1. The number of aliphatic carboxylic acids is 1. The van der Waals surface area contributed by atoms with E-state index in [9.17, 15) is 14.4 Å². The van der Waals surface area contributed by atoms with Gasteiger partial charge in [-0.15, -0.1) is 0 Å². The number of carbonyl (C=O) groups is 3. The molecule has 32 heavy (non-hydrogen) atoms. The lowest BCUT2D eigenvalue weighted by atomic mass is 9.98. The van der Waals surface area contributed by atoms with E-state index in [0.717, 1.165) is 24.0 Å². The Morgan fingerprint density at radius 3 is 2.22 bits per heavy atom. The molecule has 3 aliphatic rings. The first-order chi connectivity index (χ1) is 15.5. The Balaban J connectivity index is 1.12. The topological polar surface area (TPSA) is 95.9 Å². The van der Waals surface area contributed by atoms with E-state index in [1.807, 2.05) is 24.3 Å². The second kappa shape index (κ2) is 8.30. The zero-order valence-corrected chi connectivity index (χ0v) is 17.7. The van der Waals surface area contributed by atoms with Gasteiger partial charge in [-0.2, -0.15) is 0 Å². The molecule has 2 fully saturated rings. The van der Waals surface area contributed by atoms with E-state index in [2.05, 4.69) is 29.6 Å². The van der Waals surface area contributed by atoms with Crippen LogP contribution >= 0.6 is 0 Å². The Morgan fingerprint density at radius 1 is 1.00 bits per heavy atom. The van der Waals surface area contributed by atoms with Crippen molar-refractivity contribution in [3.63, 3.8) is 0 Å². The highest BCUT2D eigenvalue weighted by atomic mass is 16.5. The molecule has 2 atom stereocenters. The van der Waals surface area contributed by atoms with Crippen LogP contribution in [0.3, 0.4) is 0 Å². The zero-order valence-electron chi connectivity index (χ0n) is 17.7. The number of benzene rings is 2. The normalized spacial score (nSPS) is 20.8. The molecule has 2 amide bonds. The molecule has 166 valence electrons. The Labute approximate surface area is 186 Å². The maximum Gasteiger partial charge on any atom is 0.407 e. The lowest BCUT2D eigenvalue weighted by molar-refractivity contribution is -0.145. The number of nitrogens with zero attached hydrogens (tertiary/aromatic N) is 1. The number of ether oxygens (including phenoxy) is 1. The Hall–Kier alpha value is -3.35. The molecule has 2 aromatic carbocycles. The van der Waals surface area contributed by atoms with Crippen LogP contribution in [0.15, 0.2) is 48.5 Å². The Morgan fingerprint density at radius 2 is 1.62 bits per heavy atom. The molecule has 0 radical (unpaired) electrons. The molecule has 7 heteroatoms. The highest BCUT2D eigenvalue weighted by molar-refractivity contribution is 5.86. The van der Waals surface area contributed by atoms with Crippen LogP contribution in [0.4, 0.5) is 4.79 Å². The molecule has 0 aliphatic heterocycles. The molecule has 2 N–H and O–H groups in total. The van der Waals surface area contributed by atoms with Gasteiger partial charge in [0.05, 0.1) is 0 Å². The highest BCUT2D eigenvalue weighted by Gasteiger charge is 2.48. The van der Waals surface area contributed by atoms with Gasteiger partial charge in [0.2, 0.25) is 5.91 Å². The van der Waals surface area contributed by atoms with Crippen molar-refractivity contribution >= 4 is 18.0 Å². The molecule has 5 rings (SSSR count). The number of amides is 2. The first kappa shape index (κ1) is 20.5. The van der Waals surface area contributed by atoms with Gasteiger partial charge in [0.25, 0.3) is 0 Å². The Kier molecular flexibility index (Phi) is 5.33. The minimum atomic E-state index is -0.987. The fourth-order valence-electron chi connectivity index (χ4n) is 4.77. The van der Waals surface area contributed by atoms with Crippen molar-refractivity contribution in [2.45, 2.75) is 31.2 Å². The van der Waals surface area contributed by atoms with E-state index in [4.69, 9.17) is 9.84 Å². The van der Waals surface area contributed by atoms with Gasteiger partial charge in [0, 0.05) is 24.4 Å². The predicted molar refractivity (Wildman–Crippen MR) is 117 cm³/mol. The van der Waals surface area contributed by atoms with Crippen LogP contribution in [0.25, 0.3) is 11.1 Å². The third-order valence-electron chi connectivity index (χ3n) is 6.67. The minimum Gasteiger partial charge on any atom is -0.480 e. The van der Waals surface area contributed by atoms with Gasteiger partial charge in [-0.25, -0.2) is 4.79 Å². The van der Waals surface area contributed by atoms with E-state index in [1.165, 1.54) is 16.0 Å². The largest absolute Gasteiger partial charge is 0.480 e. The number of fused-ring (bicyclic) bond motifs is 3. The number of carboxylic acids is 1. The maximum absolute atomic E-state index is 12.6. The molecule has 0 aromatic heterocycles. The molecule has 0 heterocycles. The van der Waals surface area contributed by atoms with Crippen LogP contribution in [-0.2, 0) is 14.3 Å². The standard InChI is InChI=1S/C25H26N2O5/c28-23(29)13-27(16-9-10-16)24(30)21-11-15(21)12-26-25(31)32-14-22-19-7-3-1-5-17(19)18-6-2-4-8-20(18)22/h1-8,15-16,21-22H,9-14H2,(H,26,31)(H,28,29). The van der Waals surface area contributed by atoms with Crippen LogP contribution in [0, 0.1) is 11.8 Å². The van der Waals surface area contributed by atoms with Crippen molar-refractivity contribution in [3.05, 3.63) is 59.7 Å². The van der Waals surface area contributed by atoms with Gasteiger partial charge in [0.1, 0.15) is 13.2 Å². The third-order valence-corrected chi connectivity index (χ3v) is 6.67. The summed E-state index contributed by atoms with van der Waals surface area (Å²) in [5.74, 6) is -1.25. The summed E-state index contributed by atoms with van der Waals surface area (Å²) in [6.07, 6.45) is 1.92. The zero-order chi connectivity index (χ0) is 22.2. The monoisotopic (exact) mass is 434 g/mol. The average Bonchev–Trinajstić information content (AvgIpc) is 3.71. The molecule has 2 saturated carbocycles. The number of carbonyl (C=O) groups excluding carboxylic acids is 2. The summed E-state index contributed by atoms with van der Waals surface area (Å²) in [6.45, 7) is 0.367. The number of alkyl carbamates (subject to hydrolysis) is 1. The van der Waals surface area contributed by atoms with Gasteiger partial charge >= 0.3 is 12.1 Å². The summed E-state index contributed by atoms with van der Waals surface area (Å²) in [6, 6.07) is 16.4. The maximum atomic E-state index is 12.6. The van der Waals surface area contributed by atoms with Gasteiger partial charge < -0.3 is 20.1 Å². The van der Waals surface area contributed by atoms with E-state index in [-0.39, 0.29) is 42.9 Å². The molecular formula is C25H26N2O5. The molecule has 0 spiro atoms. The Bertz CT molecular complexity index is 1020. The van der Waals surface area contributed by atoms with Crippen molar-refractivity contribution in [2.24, 2.45) is 11.8 Å². The summed E-state index contributed by atoms with van der Waals surface area (Å²) >= 11 is 0. The van der Waals surface area contributed by atoms with Crippen molar-refractivity contribution in [3.8, 4) is 11.1 Å². The summed E-state index contributed by atoms with van der Waals surface area (Å²) in [4.78, 5) is 37.5. The summed E-state index contributed by atoms with van der Waals surface area (Å²) in [7, 11) is 0. The van der Waals surface area contributed by atoms with E-state index in [1.54, 1.807) is 0 Å². The number of nitrogens with one attached hydrogen (secondary N) is 1. The van der Waals surface area contributed by atoms with E-state index >= 15 is 0 Å². The van der Waals surface area contributed by atoms with E-state index < -0.39 is 12.1 Å². The number of rotatable bonds is 8. The fourth-order valence-corrected chi connectivity index (χ4v) is 4.77. The fraction of sp³-hybridized carbons (Fsp3) is 0.400. The van der Waals surface area contributed by atoms with Crippen LogP contribution in [0.5, 0.6) is 0 Å². The number of hydrogen-bond acceptors (Lipinski definition) is 4. The SMILES string of the molecule is O=C(O)CN(C(=O)C1CC1CNC(=O)OCC1c2ccccc2-c2ccccc21)C1CC1. The van der Waals surface area contributed by atoms with Crippen molar-refractivity contribution in [1.29, 1.82) is 0 Å². The molecule has 0 bridgehead atoms. The second-order valence-corrected chi connectivity index (χ2v) is 8.90. The molecule has 0 saturated heterocycles. The molecule has 7 nitrogen and oxygen atoms in total. The second-order valence-electron chi connectivity index (χ2n) is 8.90. The molecule has 2 unspecified atom stereocenters. The third kappa shape index (κ3) is 4.07. The lowest BCUT2D eigenvalue weighted by Gasteiger charge is -2.20. The molecule has 3 aliphatic carbocycles. The predicted octanol–water partition coefficient (Wildman–Crippen LogP) is 3.24. The van der Waals surface area contributed by atoms with Crippen molar-refractivity contribution in [2.75, 3.05) is 19.7 Å². The van der Waals surface area contributed by atoms with Gasteiger partial charge in [-0.1, -0.05) is 48.5 Å². The van der Waals surface area contributed by atoms with Crippen LogP contribution in [0.1, 0.15) is 36.3 Å². The van der Waals surface area contributed by atoms with Crippen LogP contribution in [0.2, 0.25) is 0 Å². The summed E-state index contributed by atoms with van der Waals surface area (Å²) in [5.41, 5.74) is 4.68. The van der Waals surface area contributed by atoms with Crippen LogP contribution in [-0.4, -0.2) is 53.7 Å². The molecule has 2 aromatic rings. The average molecular weight is 434 g/mol. The van der Waals surface area contributed by atoms with Gasteiger partial charge in [-0.05, 0) is 47.4 Å². The summed E-state index contributed by atoms with van der Waals surface area (Å²) in [5, 5.41) is 11.8. The highest BCUT2D eigenvalue weighted by Crippen LogP contribution is 2.44. The minimum absolute atomic E-state index is 0.00604. The van der Waals surface area contributed by atoms with Crippen LogP contribution < -0.4 is 5.32 Å². The van der Waals surface area contributed by atoms with Gasteiger partial charge in [-0.3, -0.25) is 9.59 Å². The molecular weight excluding hydrogens is 408 g/mol. The lowest BCUT2D eigenvalue weighted by Crippen LogP contribution is -2.39. The summed E-state index contributed by atoms with van der Waals surface area (Å²) < 4.78 is 5.54. The smallest absolute Gasteiger partial charge is 0.407 e. The first-order valence-electron chi connectivity index (χ1n) is 11.1. The quantitative estimate of drug-likeness (QED) is 0.665. The van der Waals surface area contributed by atoms with E-state index in [0.29, 0.717) is 13.0 Å². The van der Waals surface area contributed by atoms with Crippen molar-refractivity contribution < 1.29 is 24.2 Å². The number of hydrogen-bond donors (Lipinski definition) is 2.